The summed E-state index contributed by atoms with van der Waals surface area (Å²) in [6, 6.07) is 5.03. The maximum atomic E-state index is 13.4. The third kappa shape index (κ3) is 7.69. The van der Waals surface area contributed by atoms with Crippen LogP contribution in [0.2, 0.25) is 0 Å². The molecular weight excluding hydrogens is 460 g/mol. The fraction of sp³-hybridized carbons (Fsp3) is 0.679. The lowest BCUT2D eigenvalue weighted by molar-refractivity contribution is -0.137. The molecule has 3 rings (SSSR count). The normalized spacial score (nSPS) is 21.2. The Balaban J connectivity index is 1.55. The van der Waals surface area contributed by atoms with E-state index >= 15 is 0 Å². The molecule has 1 aromatic rings. The molecule has 0 aromatic heterocycles. The molecule has 1 aromatic carbocycles. The molecule has 2 amide bonds. The highest BCUT2D eigenvalue weighted by molar-refractivity contribution is 5.89. The number of benzene rings is 1. The second kappa shape index (κ2) is 12.1. The molecule has 2 aliphatic rings. The first-order valence-electron chi connectivity index (χ1n) is 13.1. The summed E-state index contributed by atoms with van der Waals surface area (Å²) in [5.41, 5.74) is 1.23. The Hall–Kier alpha value is -2.61. The zero-order valence-electron chi connectivity index (χ0n) is 22.3. The molecule has 0 saturated heterocycles. The number of likely N-dealkylation sites (N-methyl/N-ethyl adjacent to an activating group) is 1. The number of alkyl carbamates (subject to hydrolysis) is 1. The van der Waals surface area contributed by atoms with Crippen molar-refractivity contribution in [2.75, 3.05) is 13.7 Å². The molecule has 2 saturated carbocycles. The van der Waals surface area contributed by atoms with Crippen LogP contribution >= 0.6 is 0 Å². The Morgan fingerprint density at radius 3 is 2.33 bits per heavy atom. The van der Waals surface area contributed by atoms with E-state index in [-0.39, 0.29) is 30.0 Å². The van der Waals surface area contributed by atoms with Gasteiger partial charge in [-0.1, -0.05) is 17.7 Å². The fourth-order valence-corrected chi connectivity index (χ4v) is 5.03. The molecule has 0 aliphatic heterocycles. The van der Waals surface area contributed by atoms with E-state index in [1.807, 2.05) is 51.8 Å². The van der Waals surface area contributed by atoms with E-state index in [9.17, 15) is 19.5 Å². The number of hydrogen-bond acceptors (Lipinski definition) is 5. The maximum absolute atomic E-state index is 13.4. The lowest BCUT2D eigenvalue weighted by Gasteiger charge is -2.40. The zero-order chi connectivity index (χ0) is 26.5. The van der Waals surface area contributed by atoms with Crippen LogP contribution in [0.4, 0.5) is 4.79 Å². The lowest BCUT2D eigenvalue weighted by Crippen LogP contribution is -2.55. The van der Waals surface area contributed by atoms with E-state index in [2.05, 4.69) is 5.32 Å². The molecule has 200 valence electrons. The minimum Gasteiger partial charge on any atom is -0.478 e. The molecule has 0 unspecified atom stereocenters. The van der Waals surface area contributed by atoms with Crippen LogP contribution in [0.15, 0.2) is 18.2 Å². The maximum Gasteiger partial charge on any atom is 0.408 e. The summed E-state index contributed by atoms with van der Waals surface area (Å²) < 4.78 is 11.4. The highest BCUT2D eigenvalue weighted by atomic mass is 16.6. The topological polar surface area (TPSA) is 105 Å². The van der Waals surface area contributed by atoms with Gasteiger partial charge in [-0.05, 0) is 96.1 Å². The minimum atomic E-state index is -0.946. The minimum absolute atomic E-state index is 0.0363. The molecule has 0 spiro atoms. The highest BCUT2D eigenvalue weighted by Crippen LogP contribution is 2.33. The molecule has 2 aliphatic carbocycles. The molecule has 36 heavy (non-hydrogen) atoms. The van der Waals surface area contributed by atoms with Crippen LogP contribution in [-0.4, -0.2) is 59.3 Å². The summed E-state index contributed by atoms with van der Waals surface area (Å²) in [5.74, 6) is -0.607. The summed E-state index contributed by atoms with van der Waals surface area (Å²) in [6.07, 6.45) is 5.99. The van der Waals surface area contributed by atoms with Gasteiger partial charge in [0, 0.05) is 19.7 Å². The van der Waals surface area contributed by atoms with Crippen molar-refractivity contribution in [1.29, 1.82) is 0 Å². The molecule has 0 radical (unpaired) electrons. The molecule has 8 nitrogen and oxygen atoms in total. The van der Waals surface area contributed by atoms with Crippen molar-refractivity contribution in [1.82, 2.24) is 10.2 Å². The van der Waals surface area contributed by atoms with E-state index < -0.39 is 23.7 Å². The molecule has 1 atom stereocenters. The van der Waals surface area contributed by atoms with E-state index in [0.29, 0.717) is 18.1 Å². The summed E-state index contributed by atoms with van der Waals surface area (Å²) >= 11 is 0. The van der Waals surface area contributed by atoms with Crippen LogP contribution in [0.25, 0.3) is 0 Å². The van der Waals surface area contributed by atoms with Gasteiger partial charge in [0.25, 0.3) is 0 Å². The number of hydrogen-bond donors (Lipinski definition) is 2. The van der Waals surface area contributed by atoms with Gasteiger partial charge in [0.2, 0.25) is 5.91 Å². The number of ether oxygens (including phenoxy) is 2. The van der Waals surface area contributed by atoms with Crippen LogP contribution in [0.1, 0.15) is 87.2 Å². The quantitative estimate of drug-likeness (QED) is 0.497. The summed E-state index contributed by atoms with van der Waals surface area (Å²) in [7, 11) is 1.84. The van der Waals surface area contributed by atoms with Crippen LogP contribution in [0.5, 0.6) is 0 Å². The van der Waals surface area contributed by atoms with Crippen molar-refractivity contribution in [3.63, 3.8) is 0 Å². The van der Waals surface area contributed by atoms with Crippen LogP contribution in [0.3, 0.4) is 0 Å². The van der Waals surface area contributed by atoms with E-state index in [1.165, 1.54) is 0 Å². The van der Waals surface area contributed by atoms with Crippen molar-refractivity contribution in [3.8, 4) is 0 Å². The lowest BCUT2D eigenvalue weighted by atomic mass is 9.78. The predicted octanol–water partition coefficient (Wildman–Crippen LogP) is 4.92. The third-order valence-corrected chi connectivity index (χ3v) is 7.38. The first kappa shape index (κ1) is 28.0. The van der Waals surface area contributed by atoms with Crippen molar-refractivity contribution in [2.24, 2.45) is 11.8 Å². The molecule has 0 heterocycles. The molecular formula is C28H42N2O6. The number of amides is 2. The highest BCUT2D eigenvalue weighted by Gasteiger charge is 2.38. The molecule has 2 fully saturated rings. The average molecular weight is 503 g/mol. The number of carbonyl (C=O) groups is 3. The van der Waals surface area contributed by atoms with Crippen LogP contribution in [-0.2, 0) is 20.9 Å². The van der Waals surface area contributed by atoms with Gasteiger partial charge in [0.05, 0.1) is 12.2 Å². The second-order valence-corrected chi connectivity index (χ2v) is 11.4. The Morgan fingerprint density at radius 1 is 1.11 bits per heavy atom. The van der Waals surface area contributed by atoms with Crippen molar-refractivity contribution >= 4 is 18.0 Å². The molecule has 0 bridgehead atoms. The van der Waals surface area contributed by atoms with Gasteiger partial charge in [-0.25, -0.2) is 9.59 Å². The Morgan fingerprint density at radius 2 is 1.78 bits per heavy atom. The van der Waals surface area contributed by atoms with Gasteiger partial charge in [-0.15, -0.1) is 0 Å². The summed E-state index contributed by atoms with van der Waals surface area (Å²) in [5, 5.41) is 12.3. The number of carboxylic acids is 1. The van der Waals surface area contributed by atoms with Gasteiger partial charge < -0.3 is 24.8 Å². The third-order valence-electron chi connectivity index (χ3n) is 7.38. The number of aromatic carboxylic acids is 1. The van der Waals surface area contributed by atoms with Crippen LogP contribution in [0, 0.1) is 18.8 Å². The number of nitrogens with zero attached hydrogens (tertiary/aromatic N) is 1. The number of rotatable bonds is 9. The van der Waals surface area contributed by atoms with Gasteiger partial charge in [0.15, 0.2) is 0 Å². The SMILES string of the molecule is Cc1ccc(COCC2CCC([C@H](NC(=O)OC(C)(C)C)C(=O)N(C)C3CCC3)CC2)c(C(=O)O)c1. The second-order valence-electron chi connectivity index (χ2n) is 11.4. The van der Waals surface area contributed by atoms with Gasteiger partial charge in [-0.2, -0.15) is 0 Å². The first-order chi connectivity index (χ1) is 16.9. The summed E-state index contributed by atoms with van der Waals surface area (Å²) in [6.45, 7) is 8.10. The number of carboxylic acid groups (broad SMARTS) is 1. The number of nitrogens with one attached hydrogen (secondary N) is 1. The predicted molar refractivity (Wildman–Crippen MR) is 137 cm³/mol. The standard InChI is InChI=1S/C28H42N2O6/c1-18-9-12-21(23(15-18)26(32)33)17-35-16-19-10-13-20(14-11-19)24(29-27(34)36-28(2,3)4)25(31)30(5)22-7-6-8-22/h9,12,15,19-20,22,24H,6-8,10-11,13-14,16-17H2,1-5H3,(H,29,34)(H,32,33)/t19?,20?,24-/m0/s1. The average Bonchev–Trinajstić information content (AvgIpc) is 2.76. The fourth-order valence-electron chi connectivity index (χ4n) is 5.03. The first-order valence-corrected chi connectivity index (χ1v) is 13.1. The largest absolute Gasteiger partial charge is 0.478 e. The Kier molecular flexibility index (Phi) is 9.39. The van der Waals surface area contributed by atoms with E-state index in [4.69, 9.17) is 9.47 Å². The Bertz CT molecular complexity index is 928. The Labute approximate surface area is 214 Å². The smallest absolute Gasteiger partial charge is 0.408 e. The van der Waals surface area contributed by atoms with Crippen molar-refractivity contribution in [2.45, 2.75) is 96.9 Å². The van der Waals surface area contributed by atoms with Gasteiger partial charge in [-0.3, -0.25) is 4.79 Å². The molecule has 8 heteroatoms. The monoisotopic (exact) mass is 502 g/mol. The summed E-state index contributed by atoms with van der Waals surface area (Å²) in [4.78, 5) is 39.3. The van der Waals surface area contributed by atoms with E-state index in [0.717, 1.165) is 50.5 Å². The molecule has 2 N–H and O–H groups in total. The van der Waals surface area contributed by atoms with Gasteiger partial charge in [0.1, 0.15) is 11.6 Å². The van der Waals surface area contributed by atoms with Gasteiger partial charge >= 0.3 is 12.1 Å². The van der Waals surface area contributed by atoms with Crippen LogP contribution < -0.4 is 5.32 Å². The van der Waals surface area contributed by atoms with Crippen molar-refractivity contribution < 1.29 is 29.0 Å². The van der Waals surface area contributed by atoms with E-state index in [1.54, 1.807) is 6.07 Å². The number of aryl methyl sites for hydroxylation is 1. The zero-order valence-corrected chi connectivity index (χ0v) is 22.3. The van der Waals surface area contributed by atoms with Crippen molar-refractivity contribution in [3.05, 3.63) is 34.9 Å². The number of carbonyl (C=O) groups excluding carboxylic acids is 2.